The van der Waals surface area contributed by atoms with Gasteiger partial charge in [-0.3, -0.25) is 14.4 Å². The van der Waals surface area contributed by atoms with E-state index in [4.69, 9.17) is 5.73 Å². The zero-order chi connectivity index (χ0) is 28.4. The van der Waals surface area contributed by atoms with Crippen LogP contribution in [0.25, 0.3) is 0 Å². The first-order valence-corrected chi connectivity index (χ1v) is 12.5. The number of aliphatic carboxylic acids is 1. The first kappa shape index (κ1) is 29.2. The van der Waals surface area contributed by atoms with Crippen molar-refractivity contribution in [2.75, 3.05) is 5.75 Å². The van der Waals surface area contributed by atoms with Crippen molar-refractivity contribution in [3.8, 4) is 5.75 Å². The van der Waals surface area contributed by atoms with Gasteiger partial charge in [0, 0.05) is 42.4 Å². The van der Waals surface area contributed by atoms with Gasteiger partial charge in [-0.25, -0.2) is 14.8 Å². The van der Waals surface area contributed by atoms with Crippen LogP contribution in [-0.4, -0.2) is 83.8 Å². The number of thiol groups is 1. The smallest absolute Gasteiger partial charge is 0.326 e. The van der Waals surface area contributed by atoms with Gasteiger partial charge < -0.3 is 41.9 Å². The van der Waals surface area contributed by atoms with Crippen molar-refractivity contribution in [3.63, 3.8) is 0 Å². The molecule has 39 heavy (non-hydrogen) atoms. The lowest BCUT2D eigenvalue weighted by Gasteiger charge is -2.24. The number of nitrogens with one attached hydrogen (secondary N) is 5. The molecule has 9 N–H and O–H groups in total. The Bertz CT molecular complexity index is 1240. The monoisotopic (exact) mass is 558 g/mol. The van der Waals surface area contributed by atoms with E-state index in [1.807, 2.05) is 0 Å². The third-order valence-electron chi connectivity index (χ3n) is 5.75. The Balaban J connectivity index is 1.66. The van der Waals surface area contributed by atoms with E-state index >= 15 is 0 Å². The molecule has 0 spiro atoms. The summed E-state index contributed by atoms with van der Waals surface area (Å²) >= 11 is 4.16. The maximum Gasteiger partial charge on any atom is 0.326 e. The largest absolute Gasteiger partial charge is 0.508 e. The third-order valence-corrected chi connectivity index (χ3v) is 6.11. The Morgan fingerprint density at radius 1 is 0.821 bits per heavy atom. The Labute approximate surface area is 228 Å². The lowest BCUT2D eigenvalue weighted by molar-refractivity contribution is -0.142. The van der Waals surface area contributed by atoms with Crippen molar-refractivity contribution in [1.82, 2.24) is 35.9 Å². The molecule has 0 fully saturated rings. The number of aromatic amines is 2. The molecule has 2 heterocycles. The molecule has 4 atom stereocenters. The molecule has 3 amide bonds. The molecule has 3 rings (SSSR count). The SMILES string of the molecule is NC(Cc1ccc(O)cc1)C(=O)NC(CS)C(=O)NC(Cc1cnc[nH]1)C(=O)NC(Cc1cnc[nH]1)C(=O)O. The second-order valence-electron chi connectivity index (χ2n) is 8.74. The quantitative estimate of drug-likeness (QED) is 0.107. The van der Waals surface area contributed by atoms with Crippen LogP contribution >= 0.6 is 12.6 Å². The van der Waals surface area contributed by atoms with Crippen LogP contribution < -0.4 is 21.7 Å². The molecule has 0 aliphatic rings. The summed E-state index contributed by atoms with van der Waals surface area (Å²) in [4.78, 5) is 64.0. The van der Waals surface area contributed by atoms with Crippen LogP contribution in [0.4, 0.5) is 0 Å². The maximum absolute atomic E-state index is 13.1. The number of carboxylic acid groups (broad SMARTS) is 1. The fourth-order valence-corrected chi connectivity index (χ4v) is 3.90. The van der Waals surface area contributed by atoms with Crippen LogP contribution in [0.1, 0.15) is 17.0 Å². The molecular formula is C24H30N8O6S. The summed E-state index contributed by atoms with van der Waals surface area (Å²) in [6.07, 6.45) is 5.77. The number of phenols is 1. The lowest BCUT2D eigenvalue weighted by Crippen LogP contribution is -2.58. The molecule has 0 radical (unpaired) electrons. The molecule has 4 unspecified atom stereocenters. The number of carboxylic acids is 1. The van der Waals surface area contributed by atoms with E-state index in [0.717, 1.165) is 0 Å². The molecule has 208 valence electrons. The van der Waals surface area contributed by atoms with Crippen molar-refractivity contribution in [3.05, 3.63) is 66.3 Å². The van der Waals surface area contributed by atoms with E-state index in [1.54, 1.807) is 12.1 Å². The van der Waals surface area contributed by atoms with Crippen molar-refractivity contribution in [1.29, 1.82) is 0 Å². The average molecular weight is 559 g/mol. The molecule has 1 aromatic carbocycles. The molecule has 0 saturated carbocycles. The summed E-state index contributed by atoms with van der Waals surface area (Å²) in [5.74, 6) is -3.37. The van der Waals surface area contributed by atoms with Crippen LogP contribution in [0.5, 0.6) is 5.75 Å². The number of hydrogen-bond donors (Lipinski definition) is 9. The predicted molar refractivity (Wildman–Crippen MR) is 142 cm³/mol. The molecule has 14 nitrogen and oxygen atoms in total. The summed E-state index contributed by atoms with van der Waals surface area (Å²) in [7, 11) is 0. The van der Waals surface area contributed by atoms with Crippen LogP contribution in [0.15, 0.2) is 49.3 Å². The Kier molecular flexibility index (Phi) is 10.5. The van der Waals surface area contributed by atoms with E-state index in [-0.39, 0.29) is 30.8 Å². The number of nitrogens with zero attached hydrogens (tertiary/aromatic N) is 2. The summed E-state index contributed by atoms with van der Waals surface area (Å²) in [6.45, 7) is 0. The van der Waals surface area contributed by atoms with Gasteiger partial charge in [0.05, 0.1) is 18.7 Å². The van der Waals surface area contributed by atoms with Gasteiger partial charge in [-0.2, -0.15) is 12.6 Å². The molecule has 0 saturated heterocycles. The van der Waals surface area contributed by atoms with Crippen LogP contribution in [0, 0.1) is 0 Å². The number of benzene rings is 1. The number of nitrogens with two attached hydrogens (primary N) is 1. The normalized spacial score (nSPS) is 14.0. The van der Waals surface area contributed by atoms with Gasteiger partial charge in [0.2, 0.25) is 17.7 Å². The van der Waals surface area contributed by atoms with Gasteiger partial charge in [-0.15, -0.1) is 0 Å². The fourth-order valence-electron chi connectivity index (χ4n) is 3.64. The molecule has 15 heteroatoms. The standard InChI is InChI=1S/C24H30N8O6S/c25-17(5-13-1-3-16(33)4-2-13)21(34)32-20(10-39)23(36)30-18(6-14-8-26-11-28-14)22(35)31-19(24(37)38)7-15-9-27-12-29-15/h1-4,8-9,11-12,17-20,33,39H,5-7,10,25H2,(H,26,28)(H,27,29)(H,30,36)(H,31,35)(H,32,34)(H,37,38). The number of carbonyl (C=O) groups excluding carboxylic acids is 3. The fraction of sp³-hybridized carbons (Fsp3) is 0.333. The van der Waals surface area contributed by atoms with Crippen molar-refractivity contribution < 1.29 is 29.4 Å². The van der Waals surface area contributed by atoms with Crippen LogP contribution in [0.2, 0.25) is 0 Å². The number of amides is 3. The Hall–Kier alpha value is -4.37. The number of aromatic nitrogens is 4. The van der Waals surface area contributed by atoms with Gasteiger partial charge in [-0.1, -0.05) is 12.1 Å². The molecular weight excluding hydrogens is 528 g/mol. The number of H-pyrrole nitrogens is 2. The van der Waals surface area contributed by atoms with Crippen molar-refractivity contribution >= 4 is 36.3 Å². The highest BCUT2D eigenvalue weighted by Crippen LogP contribution is 2.11. The Morgan fingerprint density at radius 3 is 1.85 bits per heavy atom. The topological polar surface area (TPSA) is 228 Å². The molecule has 0 aliphatic carbocycles. The molecule has 0 aliphatic heterocycles. The summed E-state index contributed by atoms with van der Waals surface area (Å²) in [6, 6.07) is 1.57. The number of carbonyl (C=O) groups is 4. The Morgan fingerprint density at radius 2 is 1.33 bits per heavy atom. The zero-order valence-corrected chi connectivity index (χ0v) is 21.6. The maximum atomic E-state index is 13.1. The van der Waals surface area contributed by atoms with Gasteiger partial charge in [0.1, 0.15) is 23.9 Å². The van der Waals surface area contributed by atoms with E-state index in [9.17, 15) is 29.4 Å². The van der Waals surface area contributed by atoms with Gasteiger partial charge in [0.25, 0.3) is 0 Å². The van der Waals surface area contributed by atoms with Gasteiger partial charge in [-0.05, 0) is 24.1 Å². The first-order chi connectivity index (χ1) is 18.7. The number of hydrogen-bond acceptors (Lipinski definition) is 9. The molecule has 0 bridgehead atoms. The highest BCUT2D eigenvalue weighted by Gasteiger charge is 2.30. The summed E-state index contributed by atoms with van der Waals surface area (Å²) in [5, 5.41) is 26.5. The van der Waals surface area contributed by atoms with E-state index in [1.165, 1.54) is 37.2 Å². The van der Waals surface area contributed by atoms with Crippen LogP contribution in [0.3, 0.4) is 0 Å². The second kappa shape index (κ2) is 14.0. The van der Waals surface area contributed by atoms with Crippen molar-refractivity contribution in [2.45, 2.75) is 43.4 Å². The van der Waals surface area contributed by atoms with E-state index in [2.05, 4.69) is 48.5 Å². The van der Waals surface area contributed by atoms with Crippen LogP contribution in [-0.2, 0) is 38.4 Å². The van der Waals surface area contributed by atoms with Crippen molar-refractivity contribution in [2.24, 2.45) is 5.73 Å². The first-order valence-electron chi connectivity index (χ1n) is 11.9. The zero-order valence-electron chi connectivity index (χ0n) is 20.7. The van der Waals surface area contributed by atoms with Gasteiger partial charge >= 0.3 is 5.97 Å². The number of phenolic OH excluding ortho intramolecular Hbond substituents is 1. The van der Waals surface area contributed by atoms with E-state index < -0.39 is 47.9 Å². The molecule has 2 aromatic heterocycles. The number of aromatic hydroxyl groups is 1. The third kappa shape index (κ3) is 8.86. The number of imidazole rings is 2. The average Bonchev–Trinajstić information content (AvgIpc) is 3.62. The minimum absolute atomic E-state index is 0.0262. The highest BCUT2D eigenvalue weighted by atomic mass is 32.1. The predicted octanol–water partition coefficient (Wildman–Crippen LogP) is -1.34. The number of rotatable bonds is 14. The van der Waals surface area contributed by atoms with Gasteiger partial charge in [0.15, 0.2) is 0 Å². The summed E-state index contributed by atoms with van der Waals surface area (Å²) < 4.78 is 0. The lowest BCUT2D eigenvalue weighted by atomic mass is 10.1. The highest BCUT2D eigenvalue weighted by molar-refractivity contribution is 7.80. The minimum atomic E-state index is -1.29. The molecule has 3 aromatic rings. The minimum Gasteiger partial charge on any atom is -0.508 e. The van der Waals surface area contributed by atoms with E-state index in [0.29, 0.717) is 17.0 Å². The summed E-state index contributed by atoms with van der Waals surface area (Å²) in [5.41, 5.74) is 7.72. The second-order valence-corrected chi connectivity index (χ2v) is 9.11.